The third-order valence-corrected chi connectivity index (χ3v) is 3.48. The number of furan rings is 1. The predicted molar refractivity (Wildman–Crippen MR) is 88.2 cm³/mol. The fourth-order valence-corrected chi connectivity index (χ4v) is 2.27. The molecule has 1 atom stereocenters. The van der Waals surface area contributed by atoms with Gasteiger partial charge >= 0.3 is 5.97 Å². The van der Waals surface area contributed by atoms with Crippen molar-refractivity contribution in [2.45, 2.75) is 13.0 Å². The van der Waals surface area contributed by atoms with Crippen LogP contribution >= 0.6 is 23.2 Å². The van der Waals surface area contributed by atoms with Crippen LogP contribution in [0.25, 0.3) is 0 Å². The van der Waals surface area contributed by atoms with E-state index in [-0.39, 0.29) is 17.7 Å². The molecule has 1 aromatic heterocycles. The normalized spacial score (nSPS) is 11.6. The first-order chi connectivity index (χ1) is 11.5. The van der Waals surface area contributed by atoms with Gasteiger partial charge in [0.2, 0.25) is 0 Å². The molecule has 8 heteroatoms. The molecule has 128 valence electrons. The molecule has 24 heavy (non-hydrogen) atoms. The number of carbonyl (C=O) groups is 2. The number of esters is 1. The van der Waals surface area contributed by atoms with Crippen LogP contribution in [0.15, 0.2) is 41.0 Å². The van der Waals surface area contributed by atoms with Gasteiger partial charge in [-0.15, -0.1) is 0 Å². The van der Waals surface area contributed by atoms with Gasteiger partial charge in [-0.1, -0.05) is 23.2 Å². The van der Waals surface area contributed by atoms with Gasteiger partial charge in [-0.3, -0.25) is 4.79 Å². The topological polar surface area (TPSA) is 77.8 Å². The quantitative estimate of drug-likeness (QED) is 0.754. The molecule has 0 spiro atoms. The van der Waals surface area contributed by atoms with Crippen LogP contribution in [-0.4, -0.2) is 25.1 Å². The van der Waals surface area contributed by atoms with Crippen LogP contribution in [0.4, 0.5) is 0 Å². The highest BCUT2D eigenvalue weighted by Crippen LogP contribution is 2.27. The molecule has 0 saturated heterocycles. The lowest BCUT2D eigenvalue weighted by atomic mass is 10.2. The van der Waals surface area contributed by atoms with Crippen molar-refractivity contribution in [3.63, 3.8) is 0 Å². The summed E-state index contributed by atoms with van der Waals surface area (Å²) in [7, 11) is 0. The molecule has 2 rings (SSSR count). The van der Waals surface area contributed by atoms with Gasteiger partial charge < -0.3 is 19.2 Å². The average Bonchev–Trinajstić information content (AvgIpc) is 3.06. The number of ether oxygens (including phenoxy) is 2. The minimum absolute atomic E-state index is 0.278. The smallest absolute Gasteiger partial charge is 0.344 e. The molecule has 1 aromatic carbocycles. The molecule has 0 unspecified atom stereocenters. The number of amides is 1. The van der Waals surface area contributed by atoms with E-state index in [4.69, 9.17) is 37.1 Å². The largest absolute Gasteiger partial charge is 0.480 e. The molecule has 1 heterocycles. The van der Waals surface area contributed by atoms with Gasteiger partial charge in [0.1, 0.15) is 11.5 Å². The Kier molecular flexibility index (Phi) is 6.52. The molecule has 0 aliphatic carbocycles. The van der Waals surface area contributed by atoms with Gasteiger partial charge in [-0.05, 0) is 37.3 Å². The standard InChI is InChI=1S/C16H15Cl2NO5/c1-10(13-3-2-6-22-13)19-15(20)8-24-16(21)9-23-14-5-4-11(17)7-12(14)18/h2-7,10H,8-9H2,1H3,(H,19,20)/t10-/m0/s1. The van der Waals surface area contributed by atoms with Crippen molar-refractivity contribution in [3.8, 4) is 5.75 Å². The second-order valence-electron chi connectivity index (χ2n) is 4.83. The molecule has 0 radical (unpaired) electrons. The van der Waals surface area contributed by atoms with Gasteiger partial charge in [-0.25, -0.2) is 4.79 Å². The zero-order chi connectivity index (χ0) is 17.5. The lowest BCUT2D eigenvalue weighted by Gasteiger charge is -2.12. The van der Waals surface area contributed by atoms with Crippen LogP contribution in [0.2, 0.25) is 10.0 Å². The van der Waals surface area contributed by atoms with Gasteiger partial charge in [0.05, 0.1) is 17.3 Å². The number of carbonyl (C=O) groups excluding carboxylic acids is 2. The first kappa shape index (κ1) is 18.2. The molecule has 0 fully saturated rings. The summed E-state index contributed by atoms with van der Waals surface area (Å²) in [6.07, 6.45) is 1.51. The molecule has 0 bridgehead atoms. The SMILES string of the molecule is C[C@H](NC(=O)COC(=O)COc1ccc(Cl)cc1Cl)c1ccco1. The van der Waals surface area contributed by atoms with Crippen molar-refractivity contribution in [2.24, 2.45) is 0 Å². The van der Waals surface area contributed by atoms with Crippen LogP contribution in [0.5, 0.6) is 5.75 Å². The lowest BCUT2D eigenvalue weighted by molar-refractivity contribution is -0.150. The van der Waals surface area contributed by atoms with Crippen molar-refractivity contribution in [3.05, 3.63) is 52.4 Å². The molecule has 1 N–H and O–H groups in total. The van der Waals surface area contributed by atoms with Crippen molar-refractivity contribution in [2.75, 3.05) is 13.2 Å². The van der Waals surface area contributed by atoms with Gasteiger partial charge in [-0.2, -0.15) is 0 Å². The maximum Gasteiger partial charge on any atom is 0.344 e. The summed E-state index contributed by atoms with van der Waals surface area (Å²) in [6.45, 7) is 0.966. The van der Waals surface area contributed by atoms with E-state index in [0.29, 0.717) is 16.5 Å². The first-order valence-electron chi connectivity index (χ1n) is 7.02. The monoisotopic (exact) mass is 371 g/mol. The highest BCUT2D eigenvalue weighted by Gasteiger charge is 2.14. The predicted octanol–water partition coefficient (Wildman–Crippen LogP) is 3.39. The molecule has 6 nitrogen and oxygen atoms in total. The van der Waals surface area contributed by atoms with Crippen LogP contribution in [0.3, 0.4) is 0 Å². The highest BCUT2D eigenvalue weighted by atomic mass is 35.5. The fourth-order valence-electron chi connectivity index (χ4n) is 1.81. The highest BCUT2D eigenvalue weighted by molar-refractivity contribution is 6.35. The maximum atomic E-state index is 11.7. The molecule has 0 saturated carbocycles. The molecule has 0 aliphatic rings. The molecule has 1 amide bonds. The number of nitrogens with one attached hydrogen (secondary N) is 1. The average molecular weight is 372 g/mol. The lowest BCUT2D eigenvalue weighted by Crippen LogP contribution is -2.31. The van der Waals surface area contributed by atoms with E-state index in [9.17, 15) is 9.59 Å². The maximum absolute atomic E-state index is 11.7. The minimum Gasteiger partial charge on any atom is -0.480 e. The van der Waals surface area contributed by atoms with Crippen LogP contribution in [0.1, 0.15) is 18.7 Å². The fraction of sp³-hybridized carbons (Fsp3) is 0.250. The van der Waals surface area contributed by atoms with Crippen LogP contribution in [-0.2, 0) is 14.3 Å². The number of hydrogen-bond donors (Lipinski definition) is 1. The van der Waals surface area contributed by atoms with E-state index < -0.39 is 18.5 Å². The van der Waals surface area contributed by atoms with Crippen molar-refractivity contribution in [1.82, 2.24) is 5.32 Å². The van der Waals surface area contributed by atoms with Crippen molar-refractivity contribution >= 4 is 35.1 Å². The summed E-state index contributed by atoms with van der Waals surface area (Å²) in [5, 5.41) is 3.37. The summed E-state index contributed by atoms with van der Waals surface area (Å²) >= 11 is 11.7. The van der Waals surface area contributed by atoms with Gasteiger partial charge in [0.25, 0.3) is 5.91 Å². The Morgan fingerprint density at radius 3 is 2.71 bits per heavy atom. The minimum atomic E-state index is -0.693. The van der Waals surface area contributed by atoms with Crippen molar-refractivity contribution in [1.29, 1.82) is 0 Å². The summed E-state index contributed by atoms with van der Waals surface area (Å²) in [5.41, 5.74) is 0. The van der Waals surface area contributed by atoms with Crippen LogP contribution in [0, 0.1) is 0 Å². The summed E-state index contributed by atoms with van der Waals surface area (Å²) in [5.74, 6) is -0.233. The first-order valence-corrected chi connectivity index (χ1v) is 7.77. The summed E-state index contributed by atoms with van der Waals surface area (Å²) in [6, 6.07) is 7.74. The Bertz CT molecular complexity index is 702. The van der Waals surface area contributed by atoms with E-state index >= 15 is 0 Å². The zero-order valence-electron chi connectivity index (χ0n) is 12.8. The molecule has 0 aliphatic heterocycles. The zero-order valence-corrected chi connectivity index (χ0v) is 14.3. The Morgan fingerprint density at radius 1 is 1.25 bits per heavy atom. The summed E-state index contributed by atoms with van der Waals surface area (Å²) < 4.78 is 15.2. The number of hydrogen-bond acceptors (Lipinski definition) is 5. The van der Waals surface area contributed by atoms with E-state index in [1.807, 2.05) is 0 Å². The molecular weight excluding hydrogens is 357 g/mol. The Hall–Kier alpha value is -2.18. The van der Waals surface area contributed by atoms with Crippen LogP contribution < -0.4 is 10.1 Å². The van der Waals surface area contributed by atoms with Gasteiger partial charge in [0.15, 0.2) is 13.2 Å². The molecular formula is C16H15Cl2NO5. The third-order valence-electron chi connectivity index (χ3n) is 2.95. The van der Waals surface area contributed by atoms with E-state index in [2.05, 4.69) is 5.32 Å². The molecule has 2 aromatic rings. The number of halogens is 2. The second-order valence-corrected chi connectivity index (χ2v) is 5.67. The Labute approximate surface area is 148 Å². The van der Waals surface area contributed by atoms with E-state index in [1.165, 1.54) is 18.4 Å². The Morgan fingerprint density at radius 2 is 2.04 bits per heavy atom. The van der Waals surface area contributed by atoms with Crippen molar-refractivity contribution < 1.29 is 23.5 Å². The summed E-state index contributed by atoms with van der Waals surface area (Å²) in [4.78, 5) is 23.3. The van der Waals surface area contributed by atoms with Gasteiger partial charge in [0, 0.05) is 5.02 Å². The second kappa shape index (κ2) is 8.61. The number of rotatable bonds is 7. The van der Waals surface area contributed by atoms with E-state index in [0.717, 1.165) is 0 Å². The van der Waals surface area contributed by atoms with E-state index in [1.54, 1.807) is 25.1 Å². The third kappa shape index (κ3) is 5.47. The Balaban J connectivity index is 1.71. The number of benzene rings is 1.